The number of likely N-dealkylation sites (tertiary alicyclic amines) is 1. The second-order valence-corrected chi connectivity index (χ2v) is 3.17. The molecule has 0 aromatic rings. The molecule has 2 nitrogen and oxygen atoms in total. The van der Waals surface area contributed by atoms with E-state index in [1.165, 1.54) is 25.9 Å². The van der Waals surface area contributed by atoms with Gasteiger partial charge >= 0.3 is 0 Å². The van der Waals surface area contributed by atoms with Crippen molar-refractivity contribution in [2.24, 2.45) is 5.73 Å². The van der Waals surface area contributed by atoms with Crippen LogP contribution >= 0.6 is 0 Å². The van der Waals surface area contributed by atoms with Crippen molar-refractivity contribution < 1.29 is 0 Å². The molecule has 10 heavy (non-hydrogen) atoms. The fourth-order valence-electron chi connectivity index (χ4n) is 1.61. The van der Waals surface area contributed by atoms with Crippen molar-refractivity contribution in [3.05, 3.63) is 0 Å². The molecule has 1 aliphatic heterocycles. The lowest BCUT2D eigenvalue weighted by Crippen LogP contribution is -2.31. The highest BCUT2D eigenvalue weighted by atomic mass is 15.2. The van der Waals surface area contributed by atoms with Crippen LogP contribution in [0.4, 0.5) is 0 Å². The SMILES string of the molecule is C[C@H](CCN)N1CCCC1. The largest absolute Gasteiger partial charge is 0.330 e. The molecule has 0 aromatic carbocycles. The van der Waals surface area contributed by atoms with E-state index in [2.05, 4.69) is 11.8 Å². The molecule has 1 aliphatic rings. The third-order valence-corrected chi connectivity index (χ3v) is 2.35. The van der Waals surface area contributed by atoms with Crippen LogP contribution in [0.3, 0.4) is 0 Å². The molecule has 0 spiro atoms. The lowest BCUT2D eigenvalue weighted by Gasteiger charge is -2.22. The fraction of sp³-hybridized carbons (Fsp3) is 1.00. The number of hydrogen-bond acceptors (Lipinski definition) is 2. The van der Waals surface area contributed by atoms with Gasteiger partial charge in [0.2, 0.25) is 0 Å². The molecule has 0 aromatic heterocycles. The lowest BCUT2D eigenvalue weighted by atomic mass is 10.2. The van der Waals surface area contributed by atoms with E-state index >= 15 is 0 Å². The van der Waals surface area contributed by atoms with E-state index in [1.54, 1.807) is 0 Å². The van der Waals surface area contributed by atoms with Gasteiger partial charge in [-0.25, -0.2) is 0 Å². The Morgan fingerprint density at radius 2 is 2.00 bits per heavy atom. The van der Waals surface area contributed by atoms with Gasteiger partial charge in [0, 0.05) is 6.04 Å². The molecule has 0 unspecified atom stereocenters. The van der Waals surface area contributed by atoms with Gasteiger partial charge in [-0.15, -0.1) is 0 Å². The Kier molecular flexibility index (Phi) is 3.16. The summed E-state index contributed by atoms with van der Waals surface area (Å²) in [6, 6.07) is 0.715. The Morgan fingerprint density at radius 1 is 1.40 bits per heavy atom. The zero-order valence-electron chi connectivity index (χ0n) is 6.84. The average Bonchev–Trinajstić information content (AvgIpc) is 2.38. The van der Waals surface area contributed by atoms with E-state index in [0.717, 1.165) is 13.0 Å². The summed E-state index contributed by atoms with van der Waals surface area (Å²) in [6.07, 6.45) is 3.92. The van der Waals surface area contributed by atoms with Gasteiger partial charge in [-0.1, -0.05) is 0 Å². The van der Waals surface area contributed by atoms with Gasteiger partial charge in [0.1, 0.15) is 0 Å². The minimum absolute atomic E-state index is 0.715. The summed E-state index contributed by atoms with van der Waals surface area (Å²) in [4.78, 5) is 2.53. The summed E-state index contributed by atoms with van der Waals surface area (Å²) >= 11 is 0. The van der Waals surface area contributed by atoms with Gasteiger partial charge < -0.3 is 10.6 Å². The van der Waals surface area contributed by atoms with E-state index in [-0.39, 0.29) is 0 Å². The van der Waals surface area contributed by atoms with Crippen LogP contribution in [0.2, 0.25) is 0 Å². The second-order valence-electron chi connectivity index (χ2n) is 3.17. The zero-order valence-corrected chi connectivity index (χ0v) is 6.84. The Balaban J connectivity index is 2.18. The highest BCUT2D eigenvalue weighted by molar-refractivity contribution is 4.72. The molecule has 2 heteroatoms. The molecule has 1 heterocycles. The molecule has 2 N–H and O–H groups in total. The normalized spacial score (nSPS) is 23.4. The summed E-state index contributed by atoms with van der Waals surface area (Å²) in [6.45, 7) is 5.69. The Bertz CT molecular complexity index is 87.3. The molecule has 1 atom stereocenters. The maximum atomic E-state index is 5.47. The van der Waals surface area contributed by atoms with Crippen LogP contribution in [0.15, 0.2) is 0 Å². The van der Waals surface area contributed by atoms with E-state index in [0.29, 0.717) is 6.04 Å². The summed E-state index contributed by atoms with van der Waals surface area (Å²) in [5.41, 5.74) is 5.47. The number of rotatable bonds is 3. The van der Waals surface area contributed by atoms with Crippen LogP contribution in [0, 0.1) is 0 Å². The molecule has 0 radical (unpaired) electrons. The van der Waals surface area contributed by atoms with Crippen LogP contribution in [-0.4, -0.2) is 30.6 Å². The molecule has 1 fully saturated rings. The first-order valence-electron chi connectivity index (χ1n) is 4.28. The smallest absolute Gasteiger partial charge is 0.00789 e. The van der Waals surface area contributed by atoms with E-state index in [4.69, 9.17) is 5.73 Å². The predicted octanol–water partition coefficient (Wildman–Crippen LogP) is 0.819. The first kappa shape index (κ1) is 8.02. The van der Waals surface area contributed by atoms with Crippen LogP contribution in [-0.2, 0) is 0 Å². The van der Waals surface area contributed by atoms with Crippen molar-refractivity contribution in [2.75, 3.05) is 19.6 Å². The standard InChI is InChI=1S/C8H18N2/c1-8(4-5-9)10-6-2-3-7-10/h8H,2-7,9H2,1H3/t8-/m1/s1. The first-order chi connectivity index (χ1) is 4.84. The molecule has 0 aliphatic carbocycles. The van der Waals surface area contributed by atoms with Gasteiger partial charge in [0.15, 0.2) is 0 Å². The van der Waals surface area contributed by atoms with Crippen molar-refractivity contribution in [1.82, 2.24) is 4.90 Å². The highest BCUT2D eigenvalue weighted by Gasteiger charge is 2.16. The first-order valence-corrected chi connectivity index (χ1v) is 4.28. The van der Waals surface area contributed by atoms with Crippen molar-refractivity contribution in [3.63, 3.8) is 0 Å². The van der Waals surface area contributed by atoms with Crippen molar-refractivity contribution in [3.8, 4) is 0 Å². The maximum Gasteiger partial charge on any atom is 0.00789 e. The molecular weight excluding hydrogens is 124 g/mol. The van der Waals surface area contributed by atoms with Crippen LogP contribution < -0.4 is 5.73 Å². The van der Waals surface area contributed by atoms with Crippen LogP contribution in [0.1, 0.15) is 26.2 Å². The van der Waals surface area contributed by atoms with Gasteiger partial charge in [0.05, 0.1) is 0 Å². The molecule has 60 valence electrons. The Hall–Kier alpha value is -0.0800. The van der Waals surface area contributed by atoms with Gasteiger partial charge in [-0.3, -0.25) is 0 Å². The Labute approximate surface area is 63.4 Å². The molecule has 0 bridgehead atoms. The highest BCUT2D eigenvalue weighted by Crippen LogP contribution is 2.12. The molecule has 0 saturated carbocycles. The summed E-state index contributed by atoms with van der Waals surface area (Å²) in [7, 11) is 0. The topological polar surface area (TPSA) is 29.3 Å². The summed E-state index contributed by atoms with van der Waals surface area (Å²) in [5, 5.41) is 0. The summed E-state index contributed by atoms with van der Waals surface area (Å²) in [5.74, 6) is 0. The minimum atomic E-state index is 0.715. The van der Waals surface area contributed by atoms with Gasteiger partial charge in [-0.2, -0.15) is 0 Å². The zero-order chi connectivity index (χ0) is 7.40. The number of hydrogen-bond donors (Lipinski definition) is 1. The molecule has 1 rings (SSSR count). The maximum absolute atomic E-state index is 5.47. The van der Waals surface area contributed by atoms with Gasteiger partial charge in [0.25, 0.3) is 0 Å². The van der Waals surface area contributed by atoms with Crippen LogP contribution in [0.5, 0.6) is 0 Å². The third kappa shape index (κ3) is 1.96. The minimum Gasteiger partial charge on any atom is -0.330 e. The quantitative estimate of drug-likeness (QED) is 0.632. The monoisotopic (exact) mass is 142 g/mol. The number of nitrogens with zero attached hydrogens (tertiary/aromatic N) is 1. The number of nitrogens with two attached hydrogens (primary N) is 1. The van der Waals surface area contributed by atoms with Crippen molar-refractivity contribution >= 4 is 0 Å². The third-order valence-electron chi connectivity index (χ3n) is 2.35. The second kappa shape index (κ2) is 3.94. The van der Waals surface area contributed by atoms with Crippen molar-refractivity contribution in [2.45, 2.75) is 32.2 Å². The Morgan fingerprint density at radius 3 is 2.50 bits per heavy atom. The average molecular weight is 142 g/mol. The predicted molar refractivity (Wildman–Crippen MR) is 43.9 cm³/mol. The molecular formula is C8H18N2. The van der Waals surface area contributed by atoms with E-state index in [9.17, 15) is 0 Å². The fourth-order valence-corrected chi connectivity index (χ4v) is 1.61. The van der Waals surface area contributed by atoms with E-state index < -0.39 is 0 Å². The van der Waals surface area contributed by atoms with Crippen LogP contribution in [0.25, 0.3) is 0 Å². The molecule has 1 saturated heterocycles. The van der Waals surface area contributed by atoms with Crippen molar-refractivity contribution in [1.29, 1.82) is 0 Å². The molecule has 0 amide bonds. The van der Waals surface area contributed by atoms with E-state index in [1.807, 2.05) is 0 Å². The lowest BCUT2D eigenvalue weighted by molar-refractivity contribution is 0.250. The summed E-state index contributed by atoms with van der Waals surface area (Å²) < 4.78 is 0. The van der Waals surface area contributed by atoms with Gasteiger partial charge in [-0.05, 0) is 45.8 Å².